The highest BCUT2D eigenvalue weighted by atomic mass is 32.2. The number of piperidine rings is 1. The van der Waals surface area contributed by atoms with Crippen LogP contribution in [0.3, 0.4) is 0 Å². The van der Waals surface area contributed by atoms with E-state index in [1.165, 1.54) is 0 Å². The zero-order valence-electron chi connectivity index (χ0n) is 17.7. The number of rotatable bonds is 6. The fraction of sp³-hybridized carbons (Fsp3) is 0.391. The Hall–Kier alpha value is -2.71. The number of amidine groups is 1. The van der Waals surface area contributed by atoms with E-state index in [2.05, 4.69) is 21.5 Å². The van der Waals surface area contributed by atoms with E-state index >= 15 is 0 Å². The van der Waals surface area contributed by atoms with Crippen molar-refractivity contribution in [1.29, 1.82) is 0 Å². The molecule has 1 fully saturated rings. The topological polar surface area (TPSA) is 82.1 Å². The number of para-hydroxylation sites is 1. The second-order valence-electron chi connectivity index (χ2n) is 7.99. The number of nitrogens with zero attached hydrogens (tertiary/aromatic N) is 3. The van der Waals surface area contributed by atoms with Gasteiger partial charge in [0.05, 0.1) is 12.2 Å². The lowest BCUT2D eigenvalue weighted by Gasteiger charge is -2.39. The van der Waals surface area contributed by atoms with Crippen molar-refractivity contribution in [3.8, 4) is 0 Å². The quantitative estimate of drug-likeness (QED) is 0.746. The number of anilines is 1. The Morgan fingerprint density at radius 2 is 1.77 bits per heavy atom. The van der Waals surface area contributed by atoms with E-state index in [1.54, 1.807) is 18.2 Å². The van der Waals surface area contributed by atoms with Crippen molar-refractivity contribution in [2.75, 3.05) is 31.5 Å². The van der Waals surface area contributed by atoms with Crippen LogP contribution in [-0.2, 0) is 10.0 Å². The molecule has 1 saturated heterocycles. The second kappa shape index (κ2) is 9.20. The predicted molar refractivity (Wildman–Crippen MR) is 122 cm³/mol. The highest BCUT2D eigenvalue weighted by Crippen LogP contribution is 2.27. The summed E-state index contributed by atoms with van der Waals surface area (Å²) in [7, 11) is -3.69. The first-order valence-corrected chi connectivity index (χ1v) is 12.2. The van der Waals surface area contributed by atoms with Gasteiger partial charge in [-0.05, 0) is 50.1 Å². The van der Waals surface area contributed by atoms with Gasteiger partial charge in [0, 0.05) is 24.7 Å². The molecule has 0 aliphatic carbocycles. The number of nitrogens with one attached hydrogen (secondary N) is 1. The molecule has 2 aromatic rings. The molecule has 0 unspecified atom stereocenters. The zero-order chi connectivity index (χ0) is 21.8. The summed E-state index contributed by atoms with van der Waals surface area (Å²) in [5.74, 6) is 0.525. The summed E-state index contributed by atoms with van der Waals surface area (Å²) in [6.45, 7) is 4.79. The van der Waals surface area contributed by atoms with Gasteiger partial charge >= 0.3 is 0 Å². The molecule has 0 spiro atoms. The molecular formula is C23H28N4O3S. The molecule has 2 aromatic carbocycles. The third-order valence-corrected chi connectivity index (χ3v) is 7.20. The monoisotopic (exact) mass is 440 g/mol. The largest absolute Gasteiger partial charge is 0.341 e. The summed E-state index contributed by atoms with van der Waals surface area (Å²) in [5, 5.41) is 3.19. The molecule has 0 saturated carbocycles. The van der Waals surface area contributed by atoms with Crippen molar-refractivity contribution >= 4 is 27.5 Å². The number of carbonyl (C=O) groups excluding carboxylic acids is 1. The molecule has 7 nitrogen and oxygen atoms in total. The summed E-state index contributed by atoms with van der Waals surface area (Å²) in [6.07, 6.45) is 2.67. The summed E-state index contributed by atoms with van der Waals surface area (Å²) in [6, 6.07) is 16.5. The normalized spacial score (nSPS) is 18.3. The molecule has 1 amide bonds. The summed E-state index contributed by atoms with van der Waals surface area (Å²) in [5.41, 5.74) is 1.29. The van der Waals surface area contributed by atoms with Crippen molar-refractivity contribution in [2.24, 2.45) is 4.40 Å². The molecule has 1 N–H and O–H groups in total. The Morgan fingerprint density at radius 1 is 1.10 bits per heavy atom. The number of benzene rings is 2. The lowest BCUT2D eigenvalue weighted by molar-refractivity contribution is 0.0636. The molecular weight excluding hydrogens is 412 g/mol. The summed E-state index contributed by atoms with van der Waals surface area (Å²) in [4.78, 5) is 17.1. The lowest BCUT2D eigenvalue weighted by Crippen LogP contribution is -2.49. The van der Waals surface area contributed by atoms with Crippen LogP contribution in [0.1, 0.15) is 36.5 Å². The Balaban J connectivity index is 1.42. The predicted octanol–water partition coefficient (Wildman–Crippen LogP) is 3.22. The maximum atomic E-state index is 12.7. The highest BCUT2D eigenvalue weighted by molar-refractivity contribution is 7.90. The average Bonchev–Trinajstić information content (AvgIpc) is 2.79. The van der Waals surface area contributed by atoms with Crippen LogP contribution < -0.4 is 5.32 Å². The maximum absolute atomic E-state index is 12.7. The number of hydrogen-bond donors (Lipinski definition) is 1. The van der Waals surface area contributed by atoms with Crippen molar-refractivity contribution < 1.29 is 13.2 Å². The number of hydrogen-bond acceptors (Lipinski definition) is 5. The van der Waals surface area contributed by atoms with Gasteiger partial charge in [0.15, 0.2) is 0 Å². The number of amides is 1. The maximum Gasteiger partial charge on any atom is 0.286 e. The molecule has 2 aliphatic heterocycles. The van der Waals surface area contributed by atoms with E-state index in [0.29, 0.717) is 31.2 Å². The highest BCUT2D eigenvalue weighted by Gasteiger charge is 2.30. The molecule has 0 radical (unpaired) electrons. The van der Waals surface area contributed by atoms with Gasteiger partial charge in [0.1, 0.15) is 10.7 Å². The Labute approximate surface area is 183 Å². The van der Waals surface area contributed by atoms with Crippen molar-refractivity contribution in [3.05, 3.63) is 60.2 Å². The standard InChI is InChI=1S/C23H28N4O3S/c1-2-14-27(17-22-24-20-10-6-7-11-21(20)31(29,30)25-22)19-12-15-26(16-13-19)23(28)18-8-4-3-5-9-18/h3-11,19H,2,12-17H2,1H3,(H,24,25). The first kappa shape index (κ1) is 21.5. The molecule has 8 heteroatoms. The van der Waals surface area contributed by atoms with Gasteiger partial charge < -0.3 is 10.2 Å². The molecule has 164 valence electrons. The number of sulfonamides is 1. The van der Waals surface area contributed by atoms with Crippen LogP contribution in [0, 0.1) is 0 Å². The van der Waals surface area contributed by atoms with Gasteiger partial charge in [-0.3, -0.25) is 9.69 Å². The number of fused-ring (bicyclic) bond motifs is 1. The zero-order valence-corrected chi connectivity index (χ0v) is 18.5. The number of likely N-dealkylation sites (tertiary alicyclic amines) is 1. The minimum atomic E-state index is -3.69. The molecule has 0 bridgehead atoms. The summed E-state index contributed by atoms with van der Waals surface area (Å²) >= 11 is 0. The van der Waals surface area contributed by atoms with Gasteiger partial charge in [-0.25, -0.2) is 0 Å². The molecule has 0 aromatic heterocycles. The first-order chi connectivity index (χ1) is 15.0. The second-order valence-corrected chi connectivity index (χ2v) is 9.57. The molecule has 2 heterocycles. The Bertz CT molecular complexity index is 1060. The van der Waals surface area contributed by atoms with E-state index in [4.69, 9.17) is 0 Å². The lowest BCUT2D eigenvalue weighted by atomic mass is 10.0. The van der Waals surface area contributed by atoms with Crippen LogP contribution in [-0.4, -0.2) is 62.2 Å². The van der Waals surface area contributed by atoms with E-state index in [9.17, 15) is 13.2 Å². The van der Waals surface area contributed by atoms with Crippen LogP contribution in [0.2, 0.25) is 0 Å². The van der Waals surface area contributed by atoms with Crippen molar-refractivity contribution in [3.63, 3.8) is 0 Å². The van der Waals surface area contributed by atoms with E-state index in [1.807, 2.05) is 41.3 Å². The molecule has 2 aliphatic rings. The average molecular weight is 441 g/mol. The van der Waals surface area contributed by atoms with Gasteiger partial charge in [0.2, 0.25) is 0 Å². The van der Waals surface area contributed by atoms with Gasteiger partial charge in [0.25, 0.3) is 15.9 Å². The molecule has 31 heavy (non-hydrogen) atoms. The SMILES string of the molecule is CCCN(CC1=NS(=O)(=O)c2ccccc2N1)C1CCN(C(=O)c2ccccc2)CC1. The fourth-order valence-electron chi connectivity index (χ4n) is 4.30. The van der Waals surface area contributed by atoms with Crippen molar-refractivity contribution in [1.82, 2.24) is 9.80 Å². The van der Waals surface area contributed by atoms with E-state index in [0.717, 1.165) is 31.4 Å². The third kappa shape index (κ3) is 4.80. The van der Waals surface area contributed by atoms with Crippen molar-refractivity contribution in [2.45, 2.75) is 37.1 Å². The minimum absolute atomic E-state index is 0.0714. The van der Waals surface area contributed by atoms with Crippen LogP contribution in [0.5, 0.6) is 0 Å². The number of carbonyl (C=O) groups is 1. The fourth-order valence-corrected chi connectivity index (χ4v) is 5.44. The van der Waals surface area contributed by atoms with Gasteiger partial charge in [-0.15, -0.1) is 4.40 Å². The first-order valence-electron chi connectivity index (χ1n) is 10.8. The van der Waals surface area contributed by atoms with Crippen LogP contribution in [0.25, 0.3) is 0 Å². The van der Waals surface area contributed by atoms with E-state index < -0.39 is 10.0 Å². The smallest absolute Gasteiger partial charge is 0.286 e. The Morgan fingerprint density at radius 3 is 2.48 bits per heavy atom. The van der Waals surface area contributed by atoms with Gasteiger partial charge in [-0.1, -0.05) is 37.3 Å². The van der Waals surface area contributed by atoms with Gasteiger partial charge in [-0.2, -0.15) is 8.42 Å². The minimum Gasteiger partial charge on any atom is -0.341 e. The third-order valence-electron chi connectivity index (χ3n) is 5.83. The van der Waals surface area contributed by atoms with Crippen LogP contribution in [0.4, 0.5) is 5.69 Å². The Kier molecular flexibility index (Phi) is 6.38. The molecule has 0 atom stereocenters. The van der Waals surface area contributed by atoms with E-state index in [-0.39, 0.29) is 16.8 Å². The molecule has 4 rings (SSSR count). The van der Waals surface area contributed by atoms with Crippen LogP contribution in [0.15, 0.2) is 63.9 Å². The van der Waals surface area contributed by atoms with Crippen LogP contribution >= 0.6 is 0 Å². The summed E-state index contributed by atoms with van der Waals surface area (Å²) < 4.78 is 29.1.